The van der Waals surface area contributed by atoms with Gasteiger partial charge in [-0.15, -0.1) is 0 Å². The average Bonchev–Trinajstić information content (AvgIpc) is 3.38. The van der Waals surface area contributed by atoms with Gasteiger partial charge in [0.25, 0.3) is 0 Å². The fourth-order valence-corrected chi connectivity index (χ4v) is 11.8. The molecule has 12 aromatic carbocycles. The number of hydrogen-bond acceptors (Lipinski definition) is 2. The lowest BCUT2D eigenvalue weighted by Crippen LogP contribution is -2.19. The topological polar surface area (TPSA) is 6.48 Å². The van der Waals surface area contributed by atoms with Crippen molar-refractivity contribution in [3.63, 3.8) is 0 Å². The van der Waals surface area contributed by atoms with Gasteiger partial charge in [0.1, 0.15) is 0 Å². The number of anilines is 4. The molecule has 0 atom stereocenters. The fraction of sp³-hybridized carbons (Fsp3) is 0.0312. The Hall–Kier alpha value is -8.46. The maximum Gasteiger partial charge on any atom is 0.0496 e. The summed E-state index contributed by atoms with van der Waals surface area (Å²) in [4.78, 5) is 4.84. The highest BCUT2D eigenvalue weighted by atomic mass is 15.1. The van der Waals surface area contributed by atoms with Crippen LogP contribution in [0.15, 0.2) is 218 Å². The molecule has 308 valence electrons. The number of fused-ring (bicyclic) bond motifs is 8. The van der Waals surface area contributed by atoms with Gasteiger partial charge in [0.05, 0.1) is 0 Å². The van der Waals surface area contributed by atoms with Crippen molar-refractivity contribution >= 4 is 76.6 Å². The van der Waals surface area contributed by atoms with Gasteiger partial charge in [-0.2, -0.15) is 0 Å². The molecule has 2 aliphatic heterocycles. The molecule has 0 bridgehead atoms. The number of nitrogens with zero attached hydrogens (tertiary/aromatic N) is 2. The maximum absolute atomic E-state index is 2.43. The van der Waals surface area contributed by atoms with Crippen molar-refractivity contribution in [2.24, 2.45) is 0 Å². The van der Waals surface area contributed by atoms with Crippen LogP contribution in [0.5, 0.6) is 0 Å². The van der Waals surface area contributed by atoms with Crippen LogP contribution >= 0.6 is 0 Å². The van der Waals surface area contributed by atoms with E-state index < -0.39 is 0 Å². The molecule has 2 heteroatoms. The van der Waals surface area contributed by atoms with Crippen molar-refractivity contribution in [3.05, 3.63) is 218 Å². The van der Waals surface area contributed by atoms with Crippen molar-refractivity contribution in [3.8, 4) is 66.8 Å². The first-order valence-electron chi connectivity index (χ1n) is 23.0. The smallest absolute Gasteiger partial charge is 0.0496 e. The van der Waals surface area contributed by atoms with Crippen LogP contribution in [0.4, 0.5) is 22.7 Å². The number of hydrogen-bond donors (Lipinski definition) is 0. The van der Waals surface area contributed by atoms with Crippen molar-refractivity contribution in [2.45, 2.75) is 0 Å². The predicted octanol–water partition coefficient (Wildman–Crippen LogP) is 17.6. The largest absolute Gasteiger partial charge is 0.344 e. The van der Waals surface area contributed by atoms with Crippen LogP contribution in [0.25, 0.3) is 121 Å². The molecule has 2 nitrogen and oxygen atoms in total. The molecule has 0 amide bonds. The Bertz CT molecular complexity index is 3640. The molecule has 0 saturated carbocycles. The summed E-state index contributed by atoms with van der Waals surface area (Å²) < 4.78 is 0. The molecule has 0 radical (unpaired) electrons. The normalized spacial score (nSPS) is 12.6. The first-order valence-corrected chi connectivity index (χ1v) is 23.0. The Labute approximate surface area is 383 Å². The van der Waals surface area contributed by atoms with Crippen LogP contribution in [0.3, 0.4) is 0 Å². The summed E-state index contributed by atoms with van der Waals surface area (Å²) in [7, 11) is 4.49. The first kappa shape index (κ1) is 37.0. The van der Waals surface area contributed by atoms with Crippen LogP contribution in [0.1, 0.15) is 0 Å². The summed E-state index contributed by atoms with van der Waals surface area (Å²) in [5, 5.41) is 12.8. The Morgan fingerprint density at radius 1 is 0.227 bits per heavy atom. The highest BCUT2D eigenvalue weighted by Gasteiger charge is 2.31. The van der Waals surface area contributed by atoms with Gasteiger partial charge >= 0.3 is 0 Å². The molecule has 14 rings (SSSR count). The van der Waals surface area contributed by atoms with E-state index in [-0.39, 0.29) is 0 Å². The fourth-order valence-electron chi connectivity index (χ4n) is 11.8. The highest BCUT2D eigenvalue weighted by Crippen LogP contribution is 2.57. The number of rotatable bonds is 4. The Morgan fingerprint density at radius 3 is 0.818 bits per heavy atom. The molecule has 0 unspecified atom stereocenters. The molecule has 0 fully saturated rings. The monoisotopic (exact) mass is 838 g/mol. The van der Waals surface area contributed by atoms with Gasteiger partial charge in [-0.05, 0) is 123 Å². The molecule has 0 spiro atoms. The summed E-state index contributed by atoms with van der Waals surface area (Å²) in [6.07, 6.45) is 0. The second-order valence-electron chi connectivity index (χ2n) is 18.0. The van der Waals surface area contributed by atoms with E-state index in [1.807, 2.05) is 0 Å². The maximum atomic E-state index is 2.43. The third-order valence-electron chi connectivity index (χ3n) is 14.7. The lowest BCUT2D eigenvalue weighted by molar-refractivity contribution is 1.19. The minimum atomic E-state index is 1.22. The Kier molecular flexibility index (Phi) is 7.85. The molecule has 0 aromatic heterocycles. The van der Waals surface area contributed by atoms with Crippen molar-refractivity contribution in [1.29, 1.82) is 0 Å². The van der Waals surface area contributed by atoms with E-state index in [2.05, 4.69) is 242 Å². The number of benzene rings is 12. The van der Waals surface area contributed by atoms with E-state index >= 15 is 0 Å². The van der Waals surface area contributed by atoms with Crippen LogP contribution in [0, 0.1) is 0 Å². The summed E-state index contributed by atoms with van der Waals surface area (Å²) in [5.74, 6) is 0. The van der Waals surface area contributed by atoms with E-state index in [0.717, 1.165) is 0 Å². The van der Waals surface area contributed by atoms with Crippen molar-refractivity contribution in [1.82, 2.24) is 0 Å². The lowest BCUT2D eigenvalue weighted by Gasteiger charge is -2.36. The zero-order valence-corrected chi connectivity index (χ0v) is 36.7. The van der Waals surface area contributed by atoms with Gasteiger partial charge in [0.15, 0.2) is 0 Å². The van der Waals surface area contributed by atoms with Gasteiger partial charge in [0, 0.05) is 58.7 Å². The van der Waals surface area contributed by atoms with Gasteiger partial charge in [-0.1, -0.05) is 194 Å². The second kappa shape index (κ2) is 14.0. The quantitative estimate of drug-likeness (QED) is 0.163. The van der Waals surface area contributed by atoms with E-state index in [0.29, 0.717) is 0 Å². The molecule has 2 aliphatic rings. The molecule has 66 heavy (non-hydrogen) atoms. The molecule has 0 aliphatic carbocycles. The zero-order chi connectivity index (χ0) is 43.6. The van der Waals surface area contributed by atoms with E-state index in [1.165, 1.54) is 143 Å². The molecule has 0 saturated heterocycles. The summed E-state index contributed by atoms with van der Waals surface area (Å²) >= 11 is 0. The van der Waals surface area contributed by atoms with Crippen molar-refractivity contribution in [2.75, 3.05) is 23.9 Å². The second-order valence-corrected chi connectivity index (χ2v) is 18.0. The molecule has 2 heterocycles. The van der Waals surface area contributed by atoms with E-state index in [9.17, 15) is 0 Å². The molecule has 0 N–H and O–H groups in total. The van der Waals surface area contributed by atoms with E-state index in [4.69, 9.17) is 0 Å². The van der Waals surface area contributed by atoms with Crippen LogP contribution in [-0.4, -0.2) is 14.1 Å². The van der Waals surface area contributed by atoms with Gasteiger partial charge in [0.2, 0.25) is 0 Å². The SMILES string of the molecule is CN1c2cc(-c3c4ccccc4c(-c4ccccc4)c4ccccc34)ccc2-c2ccc3c4c(ccc1c24)N(C)c1cc(-c2c4ccccc4c(-c4ccccc4)c4ccccc24)ccc1-3. The predicted molar refractivity (Wildman–Crippen MR) is 283 cm³/mol. The Balaban J connectivity index is 0.928. The zero-order valence-electron chi connectivity index (χ0n) is 36.7. The average molecular weight is 839 g/mol. The van der Waals surface area contributed by atoms with Crippen LogP contribution < -0.4 is 9.80 Å². The third-order valence-corrected chi connectivity index (χ3v) is 14.7. The minimum absolute atomic E-state index is 1.22. The Morgan fingerprint density at radius 2 is 0.500 bits per heavy atom. The molecular formula is C64H42N2. The first-order chi connectivity index (χ1) is 32.6. The van der Waals surface area contributed by atoms with Gasteiger partial charge in [-0.25, -0.2) is 0 Å². The molecular weight excluding hydrogens is 797 g/mol. The standard InChI is InChI=1S/C64H42N2/c1-65-55-35-36-56-64-54(44-32-30-42(38-58(44)66(56)2)62-51-27-15-11-23-47(51)60(40-19-7-4-8-20-40)48-24-12-16-28-52(48)62)34-33-53(63(55)64)43-31-29-41(37-57(43)65)61-49-25-13-9-21-45(49)59(39-17-5-3-6-18-39)46-22-10-14-26-50(46)61/h3-38H,1-2H3. The molecule has 12 aromatic rings. The summed E-state index contributed by atoms with van der Waals surface area (Å²) in [6.45, 7) is 0. The van der Waals surface area contributed by atoms with Gasteiger partial charge in [-0.3, -0.25) is 0 Å². The lowest BCUT2D eigenvalue weighted by atomic mass is 9.82. The highest BCUT2D eigenvalue weighted by molar-refractivity contribution is 6.26. The van der Waals surface area contributed by atoms with Crippen LogP contribution in [-0.2, 0) is 0 Å². The summed E-state index contributed by atoms with van der Waals surface area (Å²) in [6, 6.07) is 81.2. The van der Waals surface area contributed by atoms with Gasteiger partial charge < -0.3 is 9.80 Å². The summed E-state index contributed by atoms with van der Waals surface area (Å²) in [5.41, 5.74) is 20.0. The third kappa shape index (κ3) is 5.13. The van der Waals surface area contributed by atoms with Crippen molar-refractivity contribution < 1.29 is 0 Å². The minimum Gasteiger partial charge on any atom is -0.344 e. The van der Waals surface area contributed by atoms with E-state index in [1.54, 1.807) is 0 Å². The van der Waals surface area contributed by atoms with Crippen LogP contribution in [0.2, 0.25) is 0 Å².